The zero-order chi connectivity index (χ0) is 31.3. The van der Waals surface area contributed by atoms with E-state index in [1.54, 1.807) is 25.7 Å². The van der Waals surface area contributed by atoms with Crippen LogP contribution < -0.4 is 34.4 Å². The Kier molecular flexibility index (Phi) is 8.61. The number of para-hydroxylation sites is 1. The zero-order valence-corrected chi connectivity index (χ0v) is 25.8. The van der Waals surface area contributed by atoms with E-state index in [1.165, 1.54) is 11.3 Å². The molecule has 8 nitrogen and oxygen atoms in total. The van der Waals surface area contributed by atoms with Crippen molar-refractivity contribution in [1.82, 2.24) is 4.57 Å². The number of ether oxygens (including phenoxy) is 3. The summed E-state index contributed by atoms with van der Waals surface area (Å²) in [5, 5.41) is 2.97. The first-order valence-electron chi connectivity index (χ1n) is 14.3. The standard InChI is InChI=1S/C36H31N3O5S/c1-23-32(34(40)38-27-7-5-4-6-8-27)33(26-13-19-29(43-3)20-14-26)39-35(41)31(45-36(39)37-23)21-24-9-17-30(18-10-24)44-22-25-11-15-28(42-2)16-12-25/h4-21,33H,22H2,1-3H3,(H,38,40)/b31-21+/t33-/m1/s1. The van der Waals surface area contributed by atoms with E-state index >= 15 is 0 Å². The Morgan fingerprint density at radius 2 is 1.49 bits per heavy atom. The first-order chi connectivity index (χ1) is 21.9. The maximum atomic E-state index is 14.0. The molecule has 0 saturated heterocycles. The van der Waals surface area contributed by atoms with E-state index in [9.17, 15) is 9.59 Å². The van der Waals surface area contributed by atoms with E-state index in [2.05, 4.69) is 5.32 Å². The highest BCUT2D eigenvalue weighted by molar-refractivity contribution is 7.07. The van der Waals surface area contributed by atoms with Crippen molar-refractivity contribution in [1.29, 1.82) is 0 Å². The number of thiazole rings is 1. The summed E-state index contributed by atoms with van der Waals surface area (Å²) in [4.78, 5) is 33.0. The number of fused-ring (bicyclic) bond motifs is 1. The molecular weight excluding hydrogens is 586 g/mol. The highest BCUT2D eigenvalue weighted by Gasteiger charge is 2.32. The predicted octanol–water partition coefficient (Wildman–Crippen LogP) is 5.47. The Morgan fingerprint density at radius 3 is 2.13 bits per heavy atom. The molecule has 5 aromatic rings. The number of carbonyl (C=O) groups is 1. The lowest BCUT2D eigenvalue weighted by atomic mass is 9.95. The number of hydrogen-bond donors (Lipinski definition) is 1. The van der Waals surface area contributed by atoms with Crippen molar-refractivity contribution < 1.29 is 19.0 Å². The minimum Gasteiger partial charge on any atom is -0.497 e. The Hall–Kier alpha value is -5.41. The van der Waals surface area contributed by atoms with Crippen LogP contribution in [0.1, 0.15) is 29.7 Å². The number of nitrogens with zero attached hydrogens (tertiary/aromatic N) is 2. The van der Waals surface area contributed by atoms with Gasteiger partial charge >= 0.3 is 0 Å². The highest BCUT2D eigenvalue weighted by atomic mass is 32.1. The lowest BCUT2D eigenvalue weighted by Crippen LogP contribution is -2.40. The van der Waals surface area contributed by atoms with E-state index in [4.69, 9.17) is 19.2 Å². The normalized spacial score (nSPS) is 14.4. The molecule has 2 heterocycles. The van der Waals surface area contributed by atoms with Crippen LogP contribution in [0.4, 0.5) is 5.69 Å². The summed E-state index contributed by atoms with van der Waals surface area (Å²) in [5.41, 5.74) is 4.03. The maximum absolute atomic E-state index is 14.0. The summed E-state index contributed by atoms with van der Waals surface area (Å²) >= 11 is 1.30. The molecule has 0 saturated carbocycles. The SMILES string of the molecule is COc1ccc(COc2ccc(/C=c3/sc4n(c3=O)[C@H](c3ccc(OC)cc3)C(C(=O)Nc3ccccc3)=C(C)N=4)cc2)cc1. The number of anilines is 1. The molecule has 0 bridgehead atoms. The fraction of sp³-hybridized carbons (Fsp3) is 0.139. The Labute approximate surface area is 264 Å². The average Bonchev–Trinajstić information content (AvgIpc) is 3.38. The molecule has 6 rings (SSSR count). The number of allylic oxidation sites excluding steroid dienone is 1. The van der Waals surface area contributed by atoms with Crippen LogP contribution in [0, 0.1) is 0 Å². The van der Waals surface area contributed by atoms with Gasteiger partial charge in [-0.2, -0.15) is 0 Å². The van der Waals surface area contributed by atoms with Crippen molar-refractivity contribution in [3.05, 3.63) is 151 Å². The van der Waals surface area contributed by atoms with E-state index in [-0.39, 0.29) is 11.5 Å². The van der Waals surface area contributed by atoms with Crippen molar-refractivity contribution >= 4 is 29.0 Å². The van der Waals surface area contributed by atoms with Crippen LogP contribution in [0.25, 0.3) is 6.08 Å². The molecule has 1 N–H and O–H groups in total. The van der Waals surface area contributed by atoms with Crippen LogP contribution >= 0.6 is 11.3 Å². The second-order valence-electron chi connectivity index (χ2n) is 10.4. The van der Waals surface area contributed by atoms with Gasteiger partial charge in [-0.1, -0.05) is 65.9 Å². The Morgan fingerprint density at radius 1 is 0.867 bits per heavy atom. The quantitative estimate of drug-likeness (QED) is 0.237. The van der Waals surface area contributed by atoms with Crippen LogP contribution in [0.5, 0.6) is 17.2 Å². The van der Waals surface area contributed by atoms with Gasteiger partial charge < -0.3 is 19.5 Å². The van der Waals surface area contributed by atoms with E-state index in [1.807, 2.05) is 109 Å². The van der Waals surface area contributed by atoms with Gasteiger partial charge in [0.2, 0.25) is 0 Å². The Bertz CT molecular complexity index is 2030. The summed E-state index contributed by atoms with van der Waals surface area (Å²) in [6, 6.07) is 31.3. The van der Waals surface area contributed by atoms with Crippen LogP contribution in [-0.2, 0) is 11.4 Å². The largest absolute Gasteiger partial charge is 0.497 e. The van der Waals surface area contributed by atoms with Crippen molar-refractivity contribution in [2.45, 2.75) is 19.6 Å². The number of rotatable bonds is 9. The fourth-order valence-corrected chi connectivity index (χ4v) is 6.18. The second kappa shape index (κ2) is 13.1. The van der Waals surface area contributed by atoms with Gasteiger partial charge in [0.1, 0.15) is 23.9 Å². The molecule has 0 aliphatic carbocycles. The van der Waals surface area contributed by atoms with Crippen molar-refractivity contribution in [3.63, 3.8) is 0 Å². The molecule has 1 amide bonds. The summed E-state index contributed by atoms with van der Waals surface area (Å²) < 4.78 is 18.6. The first kappa shape index (κ1) is 29.7. The summed E-state index contributed by atoms with van der Waals surface area (Å²) in [5.74, 6) is 1.88. The minimum atomic E-state index is -0.674. The van der Waals surface area contributed by atoms with Gasteiger partial charge in [0.15, 0.2) is 4.80 Å². The minimum absolute atomic E-state index is 0.225. The number of aromatic nitrogens is 1. The molecule has 0 radical (unpaired) electrons. The number of hydrogen-bond acceptors (Lipinski definition) is 7. The summed E-state index contributed by atoms with van der Waals surface area (Å²) in [7, 11) is 3.24. The lowest BCUT2D eigenvalue weighted by molar-refractivity contribution is -0.113. The third-order valence-electron chi connectivity index (χ3n) is 7.47. The highest BCUT2D eigenvalue weighted by Crippen LogP contribution is 2.31. The first-order valence-corrected chi connectivity index (χ1v) is 15.1. The van der Waals surface area contributed by atoms with Crippen LogP contribution in [-0.4, -0.2) is 24.7 Å². The molecule has 0 unspecified atom stereocenters. The number of methoxy groups -OCH3 is 2. The van der Waals surface area contributed by atoms with Gasteiger partial charge in [0, 0.05) is 5.69 Å². The number of benzene rings is 4. The fourth-order valence-electron chi connectivity index (χ4n) is 5.13. The number of carbonyl (C=O) groups excluding carboxylic acids is 1. The molecule has 4 aromatic carbocycles. The topological polar surface area (TPSA) is 91.1 Å². The average molecular weight is 618 g/mol. The van der Waals surface area contributed by atoms with Crippen molar-refractivity contribution in [2.75, 3.05) is 19.5 Å². The molecule has 0 spiro atoms. The smallest absolute Gasteiger partial charge is 0.271 e. The van der Waals surface area contributed by atoms with Crippen LogP contribution in [0.2, 0.25) is 0 Å². The van der Waals surface area contributed by atoms with Gasteiger partial charge in [-0.15, -0.1) is 0 Å². The predicted molar refractivity (Wildman–Crippen MR) is 176 cm³/mol. The van der Waals surface area contributed by atoms with E-state index < -0.39 is 6.04 Å². The molecule has 226 valence electrons. The van der Waals surface area contributed by atoms with E-state index in [0.29, 0.717) is 44.4 Å². The molecule has 9 heteroatoms. The van der Waals surface area contributed by atoms with Crippen molar-refractivity contribution in [3.8, 4) is 17.2 Å². The molecule has 1 aliphatic heterocycles. The summed E-state index contributed by atoms with van der Waals surface area (Å²) in [6.07, 6.45) is 1.84. The molecule has 1 atom stereocenters. The molecule has 1 aliphatic rings. The lowest BCUT2D eigenvalue weighted by Gasteiger charge is -2.25. The summed E-state index contributed by atoms with van der Waals surface area (Å²) in [6.45, 7) is 2.23. The third kappa shape index (κ3) is 6.44. The van der Waals surface area contributed by atoms with Crippen LogP contribution in [0.15, 0.2) is 124 Å². The molecule has 45 heavy (non-hydrogen) atoms. The molecule has 1 aromatic heterocycles. The van der Waals surface area contributed by atoms with Gasteiger partial charge in [-0.25, -0.2) is 4.99 Å². The van der Waals surface area contributed by atoms with E-state index in [0.717, 1.165) is 22.4 Å². The van der Waals surface area contributed by atoms with Gasteiger partial charge in [-0.3, -0.25) is 14.2 Å². The van der Waals surface area contributed by atoms with Crippen molar-refractivity contribution in [2.24, 2.45) is 4.99 Å². The third-order valence-corrected chi connectivity index (χ3v) is 8.45. The van der Waals surface area contributed by atoms with Gasteiger partial charge in [0.25, 0.3) is 11.5 Å². The number of amides is 1. The Balaban J connectivity index is 1.32. The van der Waals surface area contributed by atoms with Gasteiger partial charge in [-0.05, 0) is 78.2 Å². The van der Waals surface area contributed by atoms with Crippen LogP contribution in [0.3, 0.4) is 0 Å². The molecular formula is C36H31N3O5S. The second-order valence-corrected chi connectivity index (χ2v) is 11.4. The number of nitrogens with one attached hydrogen (secondary N) is 1. The zero-order valence-electron chi connectivity index (χ0n) is 25.0. The monoisotopic (exact) mass is 617 g/mol. The molecule has 0 fully saturated rings. The maximum Gasteiger partial charge on any atom is 0.271 e. The van der Waals surface area contributed by atoms with Gasteiger partial charge in [0.05, 0.1) is 36.1 Å².